The van der Waals surface area contributed by atoms with Crippen LogP contribution in [0.1, 0.15) is 69.5 Å². The molecule has 49 nitrogen and oxygen atoms in total. The zero-order valence-corrected chi connectivity index (χ0v) is 68.4. The van der Waals surface area contributed by atoms with Gasteiger partial charge in [-0.1, -0.05) is 36.7 Å². The quantitative estimate of drug-likeness (QED) is 0.0157. The van der Waals surface area contributed by atoms with Gasteiger partial charge in [-0.25, -0.2) is 62.7 Å². The number of phosphoric ester groups is 1. The molecule has 7 aliphatic heterocycles. The summed E-state index contributed by atoms with van der Waals surface area (Å²) in [4.78, 5) is 96.5. The largest absolute Gasteiger partial charge is 0.472 e. The van der Waals surface area contributed by atoms with Crippen LogP contribution in [0, 0.1) is 13.8 Å². The van der Waals surface area contributed by atoms with Crippen molar-refractivity contribution in [2.75, 3.05) is 95.7 Å². The number of ether oxygens (including phenoxy) is 11. The molecule has 7 saturated heterocycles. The fourth-order valence-electron chi connectivity index (χ4n) is 14.9. The standard InChI is InChI=1S/C60H81N21O28P4S3/c1-24-13-77(57(84)73-44(24)61)52-38(93-10-8-91-6)36(82)30(102-52)15-95-111(88,114)107-37-31(103-53(39(37)94-11-9-92-7)81-23-72-35-50(81)75-56(65)76-51(35)83)16-96-112(89,115)109-43-41-55(80-22-71-34-47(64)67-20-69-49(34)80)105-59(43,27(4)101-41)17-97-110(86,87)108-42-40-54(78-14-25(2)45(62)74-58(78)85)104-60(42,28(5)100-40)18-98-113(90,116)106-29-12-32(99-26(29)3)79-21-70-33-46(63)66-19-68-48(33)79/h13-14,19-23,26-32,36-43,52-55,82H,8-12,15-18H2,1-7H3,(H,86,87)(H,88,114)(H,89,115)(H,90,116)(H2,61,73,84)(H2,62,74,85)(H2,63,66,68)(H2,64,67,69)(H3,65,75,76,83)/t26-,27+,28+,29?,30-,31-,32-,36?,37?,38+,39+,40+,41+,42?,43?,52-,53?,54?,55?,59+,60+,111?,112?,113?/m1/s1. The molecule has 0 amide bonds. The van der Waals surface area contributed by atoms with E-state index < -0.39 is 199 Å². The number of phosphoric acid groups is 1. The molecule has 15 rings (SSSR count). The van der Waals surface area contributed by atoms with E-state index in [-0.39, 0.29) is 84.4 Å². The van der Waals surface area contributed by atoms with Crippen LogP contribution in [0.2, 0.25) is 0 Å². The molecule has 8 aromatic heterocycles. The number of aromatic amines is 1. The Bertz CT molecular complexity index is 5430. The number of nitrogens with two attached hydrogens (primary N) is 5. The van der Waals surface area contributed by atoms with Crippen molar-refractivity contribution in [3.8, 4) is 0 Å². The molecule has 7 aliphatic rings. The van der Waals surface area contributed by atoms with Crippen LogP contribution in [0.25, 0.3) is 33.5 Å². The predicted molar refractivity (Wildman–Crippen MR) is 406 cm³/mol. The zero-order chi connectivity index (χ0) is 82.6. The van der Waals surface area contributed by atoms with E-state index >= 15 is 9.13 Å². The number of aromatic nitrogens is 16. The fraction of sp³-hybridized carbons (Fsp3) is 0.617. The number of H-pyrrole nitrogens is 1. The Morgan fingerprint density at radius 1 is 0.543 bits per heavy atom. The molecule has 7 fully saturated rings. The molecule has 56 heteroatoms. The van der Waals surface area contributed by atoms with Gasteiger partial charge in [0.25, 0.3) is 5.56 Å². The van der Waals surface area contributed by atoms with Crippen molar-refractivity contribution in [2.24, 2.45) is 0 Å². The molecule has 13 N–H and O–H groups in total. The highest BCUT2D eigenvalue weighted by Gasteiger charge is 2.72. The van der Waals surface area contributed by atoms with Gasteiger partial charge in [0.05, 0.1) is 96.3 Å². The number of rotatable bonds is 33. The number of nitrogen functional groups attached to an aromatic ring is 5. The summed E-state index contributed by atoms with van der Waals surface area (Å²) < 4.78 is 184. The maximum atomic E-state index is 15.5. The molecule has 632 valence electrons. The Morgan fingerprint density at radius 2 is 1.03 bits per heavy atom. The van der Waals surface area contributed by atoms with E-state index in [9.17, 15) is 33.5 Å². The molecular formula is C60H81N21O28P4S3. The van der Waals surface area contributed by atoms with E-state index in [2.05, 4.69) is 91.6 Å². The van der Waals surface area contributed by atoms with Gasteiger partial charge in [0.1, 0.15) is 114 Å². The van der Waals surface area contributed by atoms with Crippen LogP contribution in [0.5, 0.6) is 0 Å². The lowest BCUT2D eigenvalue weighted by Crippen LogP contribution is -2.51. The number of anilines is 5. The van der Waals surface area contributed by atoms with Crippen LogP contribution >= 0.6 is 65.0 Å². The number of methoxy groups -OCH3 is 2. The number of nitrogens with zero attached hydrogens (tertiary/aromatic N) is 15. The summed E-state index contributed by atoms with van der Waals surface area (Å²) in [5, 5.41) is 11.7. The number of aliphatic hydroxyl groups is 1. The number of hydrogen-bond acceptors (Lipinski definition) is 42. The third kappa shape index (κ3) is 16.1. The maximum Gasteiger partial charge on any atom is 0.472 e. The minimum absolute atomic E-state index is 0.0416. The van der Waals surface area contributed by atoms with Crippen molar-refractivity contribution in [3.05, 3.63) is 86.5 Å². The van der Waals surface area contributed by atoms with Gasteiger partial charge in [-0.05, 0) is 34.6 Å². The fourth-order valence-corrected chi connectivity index (χ4v) is 20.4. The van der Waals surface area contributed by atoms with Gasteiger partial charge in [-0.3, -0.25) is 68.8 Å². The van der Waals surface area contributed by atoms with Crippen molar-refractivity contribution in [2.45, 2.75) is 169 Å². The van der Waals surface area contributed by atoms with Crippen molar-refractivity contribution in [1.29, 1.82) is 0 Å². The van der Waals surface area contributed by atoms with Gasteiger partial charge in [0.15, 0.2) is 59.0 Å². The van der Waals surface area contributed by atoms with Crippen LogP contribution in [-0.4, -0.2) is 251 Å². The number of aliphatic hydroxyl groups excluding tert-OH is 1. The van der Waals surface area contributed by atoms with E-state index in [1.807, 2.05) is 0 Å². The molecule has 25 atom stereocenters. The number of thiol groups is 3. The van der Waals surface area contributed by atoms with Crippen LogP contribution < -0.4 is 45.6 Å². The first-order chi connectivity index (χ1) is 55.0. The average Bonchev–Trinajstić information content (AvgIpc) is 1.55. The molecular weight excluding hydrogens is 1680 g/mol. The van der Waals surface area contributed by atoms with Crippen molar-refractivity contribution in [1.82, 2.24) is 77.7 Å². The second-order valence-corrected chi connectivity index (χ2v) is 38.0. The Balaban J connectivity index is 0.705. The van der Waals surface area contributed by atoms with Crippen LogP contribution in [0.4, 0.5) is 29.2 Å². The van der Waals surface area contributed by atoms with Crippen LogP contribution in [0.15, 0.2) is 58.4 Å². The third-order valence-corrected chi connectivity index (χ3v) is 26.5. The summed E-state index contributed by atoms with van der Waals surface area (Å²) in [7, 11) is -2.86. The van der Waals surface area contributed by atoms with E-state index in [0.717, 1.165) is 15.5 Å². The summed E-state index contributed by atoms with van der Waals surface area (Å²) in [5.74, 6) is -0.422. The SMILES string of the molecule is COCCO[C@H]1C(OP(=O)(S)OC[C@H]2O[C@@H](n3cc(C)c(N)nc3=O)[C@@H](OCCOC)C2O)[C@@H](COP(=O)(S)OC2[C@@H]3O[C@@H](C)[C@]2(COP(=O)(O)OC2[C@@H]4O[C@@H](C)[C@]2(COP(=O)(S)OC2C[C@H](n5cnc6c(N)ncnc65)O[C@@H]2C)OC4n2cc(C)c(N)nc2=O)OC3n2cnc3c(N)ncnc32)OC1n1cnc2c(=O)[nH]c(N)nc21. The minimum Gasteiger partial charge on any atom is -0.387 e. The van der Waals surface area contributed by atoms with E-state index in [4.69, 9.17) is 117 Å². The smallest absolute Gasteiger partial charge is 0.387 e. The molecule has 0 radical (unpaired) electrons. The monoisotopic (exact) mass is 1760 g/mol. The van der Waals surface area contributed by atoms with Crippen molar-refractivity contribution < 1.29 is 117 Å². The summed E-state index contributed by atoms with van der Waals surface area (Å²) in [6.45, 7) is -10.5. The van der Waals surface area contributed by atoms with E-state index in [1.54, 1.807) is 25.3 Å². The van der Waals surface area contributed by atoms with Crippen molar-refractivity contribution >= 4 is 128 Å². The Kier molecular flexibility index (Phi) is 23.8. The van der Waals surface area contributed by atoms with Gasteiger partial charge < -0.3 is 90.8 Å². The maximum absolute atomic E-state index is 15.5. The number of imidazole rings is 3. The van der Waals surface area contributed by atoms with Crippen LogP contribution in [-0.2, 0) is 107 Å². The molecule has 15 heterocycles. The Hall–Kier alpha value is -6.66. The topological polar surface area (TPSA) is 635 Å². The molecule has 0 saturated carbocycles. The molecule has 116 heavy (non-hydrogen) atoms. The van der Waals surface area contributed by atoms with Gasteiger partial charge in [0.2, 0.25) is 5.95 Å². The van der Waals surface area contributed by atoms with Gasteiger partial charge in [-0.15, -0.1) is 0 Å². The summed E-state index contributed by atoms with van der Waals surface area (Å²) in [6.07, 6.45) is -17.1. The van der Waals surface area contributed by atoms with Crippen LogP contribution in [0.3, 0.4) is 0 Å². The summed E-state index contributed by atoms with van der Waals surface area (Å²) in [6, 6.07) is 0. The third-order valence-electron chi connectivity index (χ3n) is 20.7. The second-order valence-electron chi connectivity index (χ2n) is 27.9. The first-order valence-corrected chi connectivity index (χ1v) is 45.0. The lowest BCUT2D eigenvalue weighted by atomic mass is 9.94. The molecule has 4 bridgehead atoms. The highest BCUT2D eigenvalue weighted by Crippen LogP contribution is 2.65. The molecule has 8 aromatic rings. The van der Waals surface area contributed by atoms with Gasteiger partial charge >= 0.3 is 39.6 Å². The van der Waals surface area contributed by atoms with E-state index in [1.165, 1.54) is 74.9 Å². The molecule has 0 spiro atoms. The highest BCUT2D eigenvalue weighted by molar-refractivity contribution is 8.45. The van der Waals surface area contributed by atoms with Crippen molar-refractivity contribution in [3.63, 3.8) is 0 Å². The van der Waals surface area contributed by atoms with Gasteiger partial charge in [-0.2, -0.15) is 15.0 Å². The lowest BCUT2D eigenvalue weighted by molar-refractivity contribution is -0.217. The number of aryl methyl sites for hydroxylation is 2. The average molecular weight is 1760 g/mol. The minimum atomic E-state index is -5.66. The first kappa shape index (κ1) is 84.4. The Labute approximate surface area is 669 Å². The Morgan fingerprint density at radius 3 is 1.64 bits per heavy atom. The molecule has 12 unspecified atom stereocenters. The highest BCUT2D eigenvalue weighted by atomic mass is 32.7. The number of fused-ring (bicyclic) bond motifs is 7. The van der Waals surface area contributed by atoms with E-state index in [0.29, 0.717) is 22.3 Å². The summed E-state index contributed by atoms with van der Waals surface area (Å²) >= 11 is 13.2. The second kappa shape index (κ2) is 32.7. The number of nitrogens with one attached hydrogen (secondary N) is 1. The lowest BCUT2D eigenvalue weighted by Gasteiger charge is -2.37. The summed E-state index contributed by atoms with van der Waals surface area (Å²) in [5.41, 5.74) is 24.7. The zero-order valence-electron chi connectivity index (χ0n) is 62.1. The van der Waals surface area contributed by atoms with Gasteiger partial charge in [0, 0.05) is 44.2 Å². The normalized spacial score (nSPS) is 33.1. The number of hydrogen-bond donors (Lipinski definition) is 11. The molecule has 0 aromatic carbocycles. The molecule has 0 aliphatic carbocycles. The first-order valence-electron chi connectivity index (χ1n) is 35.5. The predicted octanol–water partition coefficient (Wildman–Crippen LogP) is 1.30.